The van der Waals surface area contributed by atoms with E-state index in [1.54, 1.807) is 6.92 Å². The number of amides is 1. The van der Waals surface area contributed by atoms with Crippen molar-refractivity contribution in [1.29, 1.82) is 5.41 Å². The van der Waals surface area contributed by atoms with Gasteiger partial charge in [0.2, 0.25) is 5.91 Å². The molecule has 1 rings (SSSR count). The van der Waals surface area contributed by atoms with E-state index in [1.165, 1.54) is 13.5 Å². The molecule has 1 aliphatic carbocycles. The molecule has 0 bridgehead atoms. The third-order valence-corrected chi connectivity index (χ3v) is 4.05. The molecule has 8 heteroatoms. The summed E-state index contributed by atoms with van der Waals surface area (Å²) in [5, 5.41) is 12.7. The van der Waals surface area contributed by atoms with E-state index in [9.17, 15) is 14.4 Å². The molecule has 3 N–H and O–H groups in total. The number of carbonyl (C=O) groups is 3. The zero-order valence-corrected chi connectivity index (χ0v) is 14.3. The highest BCUT2D eigenvalue weighted by Crippen LogP contribution is 2.17. The quantitative estimate of drug-likeness (QED) is 0.265. The van der Waals surface area contributed by atoms with Crippen LogP contribution in [0, 0.1) is 5.41 Å². The lowest BCUT2D eigenvalue weighted by atomic mass is 9.93. The molecule has 0 aromatic heterocycles. The SMILES string of the molecule is CO[C@@H](C)C(=O)N[C@@H](CCC(=O)C=N)C(=O)OCCNC1CCC1. The topological polar surface area (TPSA) is 118 Å². The van der Waals surface area contributed by atoms with Crippen LogP contribution in [-0.2, 0) is 23.9 Å². The predicted octanol–water partition coefficient (Wildman–Crippen LogP) is 0.190. The average Bonchev–Trinajstić information content (AvgIpc) is 2.54. The van der Waals surface area contributed by atoms with Crippen LogP contribution in [0.4, 0.5) is 0 Å². The minimum absolute atomic E-state index is 0.00870. The Morgan fingerprint density at radius 2 is 2.04 bits per heavy atom. The number of hydrogen-bond donors (Lipinski definition) is 3. The molecule has 0 radical (unpaired) electrons. The molecule has 8 nitrogen and oxygen atoms in total. The first-order chi connectivity index (χ1) is 11.5. The van der Waals surface area contributed by atoms with E-state index in [4.69, 9.17) is 14.9 Å². The molecular formula is C16H27N3O5. The molecule has 1 fully saturated rings. The van der Waals surface area contributed by atoms with Crippen molar-refractivity contribution < 1.29 is 23.9 Å². The Bertz CT molecular complexity index is 451. The van der Waals surface area contributed by atoms with E-state index < -0.39 is 29.8 Å². The van der Waals surface area contributed by atoms with Gasteiger partial charge in [-0.05, 0) is 26.2 Å². The van der Waals surface area contributed by atoms with Gasteiger partial charge in [0.25, 0.3) is 0 Å². The number of ether oxygens (including phenoxy) is 2. The van der Waals surface area contributed by atoms with E-state index >= 15 is 0 Å². The predicted molar refractivity (Wildman–Crippen MR) is 88.0 cm³/mol. The van der Waals surface area contributed by atoms with Crippen molar-refractivity contribution in [3.8, 4) is 0 Å². The summed E-state index contributed by atoms with van der Waals surface area (Å²) in [6.07, 6.45) is 3.59. The summed E-state index contributed by atoms with van der Waals surface area (Å²) < 4.78 is 10.1. The van der Waals surface area contributed by atoms with E-state index in [2.05, 4.69) is 10.6 Å². The minimum Gasteiger partial charge on any atom is -0.463 e. The number of methoxy groups -OCH3 is 1. The van der Waals surface area contributed by atoms with Crippen LogP contribution >= 0.6 is 0 Å². The standard InChI is InChI=1S/C16H27N3O5/c1-11(23-2)15(21)19-14(7-6-13(20)10-17)16(22)24-9-8-18-12-4-3-5-12/h10-12,14,17-18H,3-9H2,1-2H3,(H,19,21)/t11-,14-/m0/s1. The lowest BCUT2D eigenvalue weighted by molar-refractivity contribution is -0.149. The zero-order valence-electron chi connectivity index (χ0n) is 14.3. The van der Waals surface area contributed by atoms with Crippen molar-refractivity contribution in [3.63, 3.8) is 0 Å². The van der Waals surface area contributed by atoms with Crippen molar-refractivity contribution >= 4 is 23.9 Å². The number of carbonyl (C=O) groups excluding carboxylic acids is 3. The molecule has 0 aromatic carbocycles. The summed E-state index contributed by atoms with van der Waals surface area (Å²) in [6, 6.07) is -0.422. The van der Waals surface area contributed by atoms with Crippen molar-refractivity contribution in [2.24, 2.45) is 0 Å². The van der Waals surface area contributed by atoms with Gasteiger partial charge in [-0.2, -0.15) is 0 Å². The van der Waals surface area contributed by atoms with Gasteiger partial charge in [0, 0.05) is 26.1 Å². The number of rotatable bonds is 12. The number of hydrogen-bond acceptors (Lipinski definition) is 7. The highest BCUT2D eigenvalue weighted by atomic mass is 16.5. The van der Waals surface area contributed by atoms with Gasteiger partial charge in [0.05, 0.1) is 6.21 Å². The van der Waals surface area contributed by atoms with Gasteiger partial charge in [-0.15, -0.1) is 0 Å². The summed E-state index contributed by atoms with van der Waals surface area (Å²) in [6.45, 7) is 2.33. The van der Waals surface area contributed by atoms with Crippen LogP contribution in [0.25, 0.3) is 0 Å². The monoisotopic (exact) mass is 341 g/mol. The number of Topliss-reactive ketones (excluding diaryl/α,β-unsaturated/α-hetero) is 1. The summed E-state index contributed by atoms with van der Waals surface area (Å²) in [4.78, 5) is 35.3. The van der Waals surface area contributed by atoms with Gasteiger partial charge in [0.1, 0.15) is 18.8 Å². The Kier molecular flexibility index (Phi) is 9.18. The second kappa shape index (κ2) is 10.9. The van der Waals surface area contributed by atoms with Crippen molar-refractivity contribution in [2.75, 3.05) is 20.3 Å². The Balaban J connectivity index is 2.43. The summed E-state index contributed by atoms with van der Waals surface area (Å²) >= 11 is 0. The first-order valence-corrected chi connectivity index (χ1v) is 8.24. The first-order valence-electron chi connectivity index (χ1n) is 8.24. The first kappa shape index (κ1) is 20.2. The van der Waals surface area contributed by atoms with Gasteiger partial charge < -0.3 is 25.5 Å². The van der Waals surface area contributed by atoms with Crippen LogP contribution in [0.5, 0.6) is 0 Å². The van der Waals surface area contributed by atoms with Gasteiger partial charge >= 0.3 is 5.97 Å². The van der Waals surface area contributed by atoms with Gasteiger partial charge in [-0.1, -0.05) is 6.42 Å². The van der Waals surface area contributed by atoms with E-state index in [0.717, 1.165) is 12.8 Å². The summed E-state index contributed by atoms with van der Waals surface area (Å²) in [5.41, 5.74) is 0. The largest absolute Gasteiger partial charge is 0.463 e. The molecule has 2 atom stereocenters. The second-order valence-electron chi connectivity index (χ2n) is 5.84. The highest BCUT2D eigenvalue weighted by Gasteiger charge is 2.25. The third-order valence-electron chi connectivity index (χ3n) is 4.05. The van der Waals surface area contributed by atoms with Crippen molar-refractivity contribution in [1.82, 2.24) is 10.6 Å². The molecule has 1 aliphatic rings. The van der Waals surface area contributed by atoms with Crippen molar-refractivity contribution in [2.45, 2.75) is 57.2 Å². The van der Waals surface area contributed by atoms with Gasteiger partial charge in [0.15, 0.2) is 5.78 Å². The molecule has 0 saturated heterocycles. The molecule has 24 heavy (non-hydrogen) atoms. The smallest absolute Gasteiger partial charge is 0.328 e. The van der Waals surface area contributed by atoms with Crippen LogP contribution in [0.3, 0.4) is 0 Å². The fourth-order valence-corrected chi connectivity index (χ4v) is 2.13. The van der Waals surface area contributed by atoms with E-state index in [1.807, 2.05) is 0 Å². The molecule has 1 amide bonds. The number of esters is 1. The maximum absolute atomic E-state index is 12.1. The highest BCUT2D eigenvalue weighted by molar-refractivity contribution is 6.26. The van der Waals surface area contributed by atoms with E-state index in [-0.39, 0.29) is 19.4 Å². The summed E-state index contributed by atoms with van der Waals surface area (Å²) in [5.74, 6) is -1.44. The summed E-state index contributed by atoms with van der Waals surface area (Å²) in [7, 11) is 1.39. The molecule has 0 aliphatic heterocycles. The lowest BCUT2D eigenvalue weighted by Gasteiger charge is -2.26. The number of ketones is 1. The average molecular weight is 341 g/mol. The van der Waals surface area contributed by atoms with Crippen LogP contribution in [0.1, 0.15) is 39.0 Å². The van der Waals surface area contributed by atoms with Crippen LogP contribution in [0.15, 0.2) is 0 Å². The lowest BCUT2D eigenvalue weighted by Crippen LogP contribution is -2.46. The molecule has 0 unspecified atom stereocenters. The van der Waals surface area contributed by atoms with Gasteiger partial charge in [-0.3, -0.25) is 9.59 Å². The Hall–Kier alpha value is -1.80. The Labute approximate surface area is 142 Å². The van der Waals surface area contributed by atoms with Gasteiger partial charge in [-0.25, -0.2) is 4.79 Å². The minimum atomic E-state index is -0.928. The van der Waals surface area contributed by atoms with E-state index in [0.29, 0.717) is 18.8 Å². The molecular weight excluding hydrogens is 314 g/mol. The third kappa shape index (κ3) is 7.18. The maximum Gasteiger partial charge on any atom is 0.328 e. The van der Waals surface area contributed by atoms with Crippen LogP contribution in [0.2, 0.25) is 0 Å². The number of nitrogens with one attached hydrogen (secondary N) is 3. The zero-order chi connectivity index (χ0) is 17.9. The molecule has 136 valence electrons. The normalized spacial score (nSPS) is 16.6. The molecule has 0 aromatic rings. The molecule has 0 heterocycles. The fourth-order valence-electron chi connectivity index (χ4n) is 2.13. The molecule has 0 spiro atoms. The van der Waals surface area contributed by atoms with Crippen LogP contribution < -0.4 is 10.6 Å². The molecule has 1 saturated carbocycles. The Morgan fingerprint density at radius 3 is 2.58 bits per heavy atom. The fraction of sp³-hybridized carbons (Fsp3) is 0.750. The van der Waals surface area contributed by atoms with Crippen LogP contribution in [-0.4, -0.2) is 62.3 Å². The second-order valence-corrected chi connectivity index (χ2v) is 5.84. The Morgan fingerprint density at radius 1 is 1.33 bits per heavy atom. The van der Waals surface area contributed by atoms with Crippen molar-refractivity contribution in [3.05, 3.63) is 0 Å². The maximum atomic E-state index is 12.1.